The number of ether oxygens (including phenoxy) is 5. The predicted octanol–water partition coefficient (Wildman–Crippen LogP) is 6.59. The molecule has 0 aliphatic carbocycles. The Balaban J connectivity index is 3.41. The fourth-order valence-corrected chi connectivity index (χ4v) is 4.45. The summed E-state index contributed by atoms with van der Waals surface area (Å²) >= 11 is 0. The van der Waals surface area contributed by atoms with E-state index in [1.165, 1.54) is 18.2 Å². The van der Waals surface area contributed by atoms with Crippen LogP contribution in [0.3, 0.4) is 0 Å². The maximum atomic E-state index is 12.6. The van der Waals surface area contributed by atoms with E-state index in [0.717, 1.165) is 12.8 Å². The second-order valence-electron chi connectivity index (χ2n) is 11.2. The van der Waals surface area contributed by atoms with Crippen LogP contribution in [0.15, 0.2) is 18.2 Å². The van der Waals surface area contributed by atoms with Gasteiger partial charge in [-0.05, 0) is 63.6 Å². The van der Waals surface area contributed by atoms with Crippen molar-refractivity contribution in [2.24, 2.45) is 17.6 Å². The number of aliphatic carboxylic acids is 1. The summed E-state index contributed by atoms with van der Waals surface area (Å²) in [5.74, 6) is -3.09. The molecule has 5 unspecified atom stereocenters. The van der Waals surface area contributed by atoms with Gasteiger partial charge in [-0.2, -0.15) is 0 Å². The molecule has 6 atom stereocenters. The number of carbonyl (C=O) groups excluding carboxylic acids is 3. The zero-order valence-electron chi connectivity index (χ0n) is 26.2. The van der Waals surface area contributed by atoms with E-state index in [0.29, 0.717) is 30.7 Å². The first-order valence-electron chi connectivity index (χ1n) is 14.8. The van der Waals surface area contributed by atoms with Crippen molar-refractivity contribution in [1.29, 1.82) is 0 Å². The first kappa shape index (κ1) is 36.7. The standard InChI is InChI=1S/C31H49NO10/c1-9-11-19(5)38-30(36)41-24-15-14-23(17-25(24)42-31(37)39-20(6)12-10-2)27(28(32)29(34)35)21(7)22(8)40-26(33)16-13-18(3)4/h14-15,17-22,27-28H,9-13,16,32H2,1-8H3,(H,34,35)/t19?,20?,21?,22?,27?,28-/m0/s1. The summed E-state index contributed by atoms with van der Waals surface area (Å²) in [5, 5.41) is 9.81. The van der Waals surface area contributed by atoms with Gasteiger partial charge in [-0.25, -0.2) is 9.59 Å². The SMILES string of the molecule is CCCC(C)OC(=O)Oc1ccc(C(C(C)C(C)OC(=O)CCC(C)C)[C@H](N)C(=O)O)cc1OC(=O)OC(C)CCC. The Hall–Kier alpha value is -3.34. The van der Waals surface area contributed by atoms with Gasteiger partial charge in [-0.15, -0.1) is 0 Å². The number of hydrogen-bond donors (Lipinski definition) is 2. The molecule has 0 aliphatic rings. The van der Waals surface area contributed by atoms with Crippen LogP contribution < -0.4 is 15.2 Å². The van der Waals surface area contributed by atoms with Crippen LogP contribution in [0, 0.1) is 11.8 Å². The van der Waals surface area contributed by atoms with E-state index >= 15 is 0 Å². The number of hydrogen-bond acceptors (Lipinski definition) is 10. The first-order chi connectivity index (χ1) is 19.7. The average Bonchev–Trinajstić information content (AvgIpc) is 2.88. The Morgan fingerprint density at radius 3 is 1.79 bits per heavy atom. The monoisotopic (exact) mass is 595 g/mol. The Labute approximate surface area is 249 Å². The van der Waals surface area contributed by atoms with E-state index in [1.54, 1.807) is 27.7 Å². The van der Waals surface area contributed by atoms with Gasteiger partial charge in [0.25, 0.3) is 0 Å². The van der Waals surface area contributed by atoms with Crippen molar-refractivity contribution in [3.63, 3.8) is 0 Å². The van der Waals surface area contributed by atoms with Gasteiger partial charge < -0.3 is 34.5 Å². The smallest absolute Gasteiger partial charge is 0.480 e. The number of carbonyl (C=O) groups is 4. The largest absolute Gasteiger partial charge is 0.514 e. The summed E-state index contributed by atoms with van der Waals surface area (Å²) < 4.78 is 27.0. The molecular weight excluding hydrogens is 546 g/mol. The van der Waals surface area contributed by atoms with Gasteiger partial charge in [0.05, 0.1) is 0 Å². The molecule has 42 heavy (non-hydrogen) atoms. The number of carboxylic acids is 1. The van der Waals surface area contributed by atoms with Gasteiger partial charge in [0.15, 0.2) is 11.5 Å². The molecule has 0 radical (unpaired) electrons. The molecule has 1 aromatic rings. The van der Waals surface area contributed by atoms with Gasteiger partial charge in [0.2, 0.25) is 0 Å². The molecule has 0 saturated carbocycles. The fourth-order valence-electron chi connectivity index (χ4n) is 4.45. The summed E-state index contributed by atoms with van der Waals surface area (Å²) in [6, 6.07) is 2.87. The quantitative estimate of drug-likeness (QED) is 0.113. The van der Waals surface area contributed by atoms with E-state index in [2.05, 4.69) is 0 Å². The van der Waals surface area contributed by atoms with Crippen molar-refractivity contribution in [2.45, 2.75) is 124 Å². The minimum absolute atomic E-state index is 0.129. The first-order valence-corrected chi connectivity index (χ1v) is 14.8. The lowest BCUT2D eigenvalue weighted by atomic mass is 9.79. The topological polar surface area (TPSA) is 161 Å². The number of rotatable bonds is 17. The third-order valence-electron chi connectivity index (χ3n) is 6.95. The lowest BCUT2D eigenvalue weighted by molar-refractivity contribution is -0.151. The highest BCUT2D eigenvalue weighted by molar-refractivity contribution is 5.75. The summed E-state index contributed by atoms with van der Waals surface area (Å²) in [5.41, 5.74) is 6.50. The van der Waals surface area contributed by atoms with E-state index < -0.39 is 60.4 Å². The normalized spacial score (nSPS) is 15.5. The number of carboxylic acid groups (broad SMARTS) is 1. The summed E-state index contributed by atoms with van der Waals surface area (Å²) in [6.07, 6.45) is 0.209. The molecule has 0 heterocycles. The van der Waals surface area contributed by atoms with E-state index in [9.17, 15) is 24.3 Å². The average molecular weight is 596 g/mol. The van der Waals surface area contributed by atoms with Crippen molar-refractivity contribution in [2.75, 3.05) is 0 Å². The molecule has 238 valence electrons. The second kappa shape index (κ2) is 18.3. The van der Waals surface area contributed by atoms with Crippen molar-refractivity contribution < 1.29 is 48.0 Å². The molecule has 1 aromatic carbocycles. The van der Waals surface area contributed by atoms with Crippen LogP contribution in [0.5, 0.6) is 11.5 Å². The maximum Gasteiger partial charge on any atom is 0.514 e. The third kappa shape index (κ3) is 12.7. The molecule has 1 rings (SSSR count). The molecule has 11 heteroatoms. The molecule has 0 bridgehead atoms. The number of benzene rings is 1. The van der Waals surface area contributed by atoms with E-state index in [-0.39, 0.29) is 17.9 Å². The maximum absolute atomic E-state index is 12.6. The third-order valence-corrected chi connectivity index (χ3v) is 6.95. The fraction of sp³-hybridized carbons (Fsp3) is 0.677. The number of esters is 1. The lowest BCUT2D eigenvalue weighted by Gasteiger charge is -2.32. The molecule has 0 amide bonds. The Kier molecular flexibility index (Phi) is 15.9. The number of nitrogens with two attached hydrogens (primary N) is 1. The summed E-state index contributed by atoms with van der Waals surface area (Å²) in [4.78, 5) is 49.5. The minimum atomic E-state index is -1.40. The Morgan fingerprint density at radius 1 is 0.786 bits per heavy atom. The molecule has 0 saturated heterocycles. The van der Waals surface area contributed by atoms with Crippen molar-refractivity contribution >= 4 is 24.2 Å². The molecule has 11 nitrogen and oxygen atoms in total. The van der Waals surface area contributed by atoms with Gasteiger partial charge in [-0.3, -0.25) is 9.59 Å². The van der Waals surface area contributed by atoms with Crippen molar-refractivity contribution in [1.82, 2.24) is 0 Å². The summed E-state index contributed by atoms with van der Waals surface area (Å²) in [7, 11) is 0. The van der Waals surface area contributed by atoms with Gasteiger partial charge in [0.1, 0.15) is 24.4 Å². The van der Waals surface area contributed by atoms with Gasteiger partial charge in [0, 0.05) is 18.3 Å². The van der Waals surface area contributed by atoms with Crippen LogP contribution in [0.25, 0.3) is 0 Å². The highest BCUT2D eigenvalue weighted by Crippen LogP contribution is 2.37. The molecule has 0 aliphatic heterocycles. The molecule has 3 N–H and O–H groups in total. The van der Waals surface area contributed by atoms with Crippen LogP contribution in [-0.2, 0) is 23.8 Å². The van der Waals surface area contributed by atoms with Crippen LogP contribution in [0.2, 0.25) is 0 Å². The molecule has 0 fully saturated rings. The van der Waals surface area contributed by atoms with E-state index in [4.69, 9.17) is 29.4 Å². The van der Waals surface area contributed by atoms with Crippen molar-refractivity contribution in [3.8, 4) is 11.5 Å². The van der Waals surface area contributed by atoms with Crippen molar-refractivity contribution in [3.05, 3.63) is 23.8 Å². The van der Waals surface area contributed by atoms with Crippen LogP contribution >= 0.6 is 0 Å². The van der Waals surface area contributed by atoms with Crippen LogP contribution in [0.4, 0.5) is 9.59 Å². The lowest BCUT2D eigenvalue weighted by Crippen LogP contribution is -2.42. The zero-order chi connectivity index (χ0) is 32.0. The highest BCUT2D eigenvalue weighted by atomic mass is 16.7. The molecular formula is C31H49NO10. The van der Waals surface area contributed by atoms with Gasteiger partial charge in [-0.1, -0.05) is 53.5 Å². The predicted molar refractivity (Wildman–Crippen MR) is 157 cm³/mol. The molecule has 0 spiro atoms. The van der Waals surface area contributed by atoms with E-state index in [1.807, 2.05) is 27.7 Å². The Morgan fingerprint density at radius 2 is 1.31 bits per heavy atom. The second-order valence-corrected chi connectivity index (χ2v) is 11.2. The van der Waals surface area contributed by atoms with Gasteiger partial charge >= 0.3 is 24.2 Å². The highest BCUT2D eigenvalue weighted by Gasteiger charge is 2.36. The molecule has 0 aromatic heterocycles. The van der Waals surface area contributed by atoms with Crippen LogP contribution in [-0.4, -0.2) is 53.7 Å². The Bertz CT molecular complexity index is 1030. The zero-order valence-corrected chi connectivity index (χ0v) is 26.2. The minimum Gasteiger partial charge on any atom is -0.480 e. The van der Waals surface area contributed by atoms with Crippen LogP contribution in [0.1, 0.15) is 105 Å². The summed E-state index contributed by atoms with van der Waals surface area (Å²) in [6.45, 7) is 14.8.